The summed E-state index contributed by atoms with van der Waals surface area (Å²) in [4.78, 5) is 9.36. The van der Waals surface area contributed by atoms with Gasteiger partial charge in [0.15, 0.2) is 0 Å². The highest BCUT2D eigenvalue weighted by atomic mass is 32.2. The molecule has 1 aliphatic heterocycles. The second kappa shape index (κ2) is 7.42. The van der Waals surface area contributed by atoms with Crippen molar-refractivity contribution in [1.82, 2.24) is 14.3 Å². The van der Waals surface area contributed by atoms with Gasteiger partial charge in [0.05, 0.1) is 23.4 Å². The molecule has 2 aromatic heterocycles. The third-order valence-electron chi connectivity index (χ3n) is 6.31. The molecule has 1 saturated heterocycles. The fourth-order valence-electron chi connectivity index (χ4n) is 4.78. The van der Waals surface area contributed by atoms with Crippen LogP contribution in [0.4, 0.5) is 18.9 Å². The summed E-state index contributed by atoms with van der Waals surface area (Å²) in [7, 11) is -1.99. The van der Waals surface area contributed by atoms with Crippen LogP contribution >= 0.6 is 0 Å². The molecule has 2 aromatic rings. The molecule has 0 bridgehead atoms. The van der Waals surface area contributed by atoms with Crippen LogP contribution in [-0.2, 0) is 10.0 Å². The van der Waals surface area contributed by atoms with Gasteiger partial charge in [-0.1, -0.05) is 0 Å². The van der Waals surface area contributed by atoms with E-state index < -0.39 is 28.4 Å². The molecule has 0 spiro atoms. The topological polar surface area (TPSA) is 93.1 Å². The van der Waals surface area contributed by atoms with Gasteiger partial charge in [-0.15, -0.1) is 0 Å². The highest BCUT2D eigenvalue weighted by Gasteiger charge is 2.46. The van der Waals surface area contributed by atoms with E-state index in [9.17, 15) is 26.9 Å². The third kappa shape index (κ3) is 3.86. The Labute approximate surface area is 172 Å². The van der Waals surface area contributed by atoms with Gasteiger partial charge in [-0.2, -0.15) is 18.4 Å². The summed E-state index contributed by atoms with van der Waals surface area (Å²) >= 11 is 0. The number of hydrogen-bond donors (Lipinski definition) is 1. The van der Waals surface area contributed by atoms with Crippen LogP contribution in [0.5, 0.6) is 0 Å². The van der Waals surface area contributed by atoms with Crippen LogP contribution in [0.25, 0.3) is 11.0 Å². The molecular formula is C19H22F3N5O2S. The Morgan fingerprint density at radius 3 is 2.60 bits per heavy atom. The molecule has 1 saturated carbocycles. The zero-order chi connectivity index (χ0) is 21.7. The summed E-state index contributed by atoms with van der Waals surface area (Å²) in [5.74, 6) is -0.688. The van der Waals surface area contributed by atoms with Crippen molar-refractivity contribution in [2.24, 2.45) is 11.8 Å². The summed E-state index contributed by atoms with van der Waals surface area (Å²) in [6, 6.07) is 4.18. The molecule has 11 heteroatoms. The molecule has 2 fully saturated rings. The highest BCUT2D eigenvalue weighted by molar-refractivity contribution is 7.89. The molecule has 3 heterocycles. The predicted molar refractivity (Wildman–Crippen MR) is 105 cm³/mol. The van der Waals surface area contributed by atoms with E-state index in [1.165, 1.54) is 10.5 Å². The number of rotatable bonds is 5. The Hall–Kier alpha value is -2.32. The van der Waals surface area contributed by atoms with Gasteiger partial charge in [-0.25, -0.2) is 17.7 Å². The lowest BCUT2D eigenvalue weighted by molar-refractivity contribution is -0.130. The average Bonchev–Trinajstić information content (AvgIpc) is 3.38. The molecular weight excluding hydrogens is 419 g/mol. The number of H-pyrrole nitrogens is 1. The summed E-state index contributed by atoms with van der Waals surface area (Å²) in [6.45, 7) is 0.520. The number of hydrogen-bond acceptors (Lipinski definition) is 5. The van der Waals surface area contributed by atoms with Gasteiger partial charge in [0.2, 0.25) is 10.0 Å². The standard InChI is InChI=1S/C19H22F3N5O2S/c1-26(17-14(8-23)9-25-18-16(17)2-4-24-18)15-6-12-10-27(11-13(12)7-15)30(28,29)5-3-19(20,21)22/h2,4,9,12-13,15H,3,5-7,10-11H2,1H3,(H,24,25)/t12-,13+,15+. The quantitative estimate of drug-likeness (QED) is 0.770. The zero-order valence-electron chi connectivity index (χ0n) is 16.4. The molecule has 162 valence electrons. The predicted octanol–water partition coefficient (Wildman–Crippen LogP) is 2.86. The van der Waals surface area contributed by atoms with Gasteiger partial charge >= 0.3 is 6.18 Å². The monoisotopic (exact) mass is 441 g/mol. The minimum absolute atomic E-state index is 0.104. The lowest BCUT2D eigenvalue weighted by atomic mass is 10.0. The van der Waals surface area contributed by atoms with Gasteiger partial charge < -0.3 is 9.88 Å². The number of alkyl halides is 3. The summed E-state index contributed by atoms with van der Waals surface area (Å²) in [5.41, 5.74) is 1.96. The molecule has 0 aromatic carbocycles. The van der Waals surface area contributed by atoms with Crippen LogP contribution < -0.4 is 4.90 Å². The SMILES string of the molecule is CN(c1c(C#N)cnc2[nH]ccc12)[C@H]1C[C@@H]2CN(S(=O)(=O)CCC(F)(F)F)C[C@@H]2C1. The van der Waals surface area contributed by atoms with Gasteiger partial charge in [0.1, 0.15) is 11.7 Å². The normalized spacial score (nSPS) is 24.8. The number of nitrogens with zero attached hydrogens (tertiary/aromatic N) is 4. The van der Waals surface area contributed by atoms with Crippen molar-refractivity contribution in [3.05, 3.63) is 24.0 Å². The minimum atomic E-state index is -4.48. The molecule has 1 aliphatic carbocycles. The van der Waals surface area contributed by atoms with Crippen LogP contribution in [0.2, 0.25) is 0 Å². The number of pyridine rings is 1. The van der Waals surface area contributed by atoms with E-state index in [0.717, 1.165) is 23.9 Å². The van der Waals surface area contributed by atoms with E-state index in [4.69, 9.17) is 0 Å². The van der Waals surface area contributed by atoms with Gasteiger partial charge in [-0.3, -0.25) is 0 Å². The number of nitrogens with one attached hydrogen (secondary N) is 1. The van der Waals surface area contributed by atoms with Crippen molar-refractivity contribution >= 4 is 26.7 Å². The maximum Gasteiger partial charge on any atom is 0.390 e. The summed E-state index contributed by atoms with van der Waals surface area (Å²) < 4.78 is 63.2. The van der Waals surface area contributed by atoms with E-state index in [1.807, 2.05) is 13.1 Å². The highest BCUT2D eigenvalue weighted by Crippen LogP contribution is 2.43. The number of sulfonamides is 1. The molecule has 0 unspecified atom stereocenters. The van der Waals surface area contributed by atoms with Crippen molar-refractivity contribution < 1.29 is 21.6 Å². The van der Waals surface area contributed by atoms with Crippen molar-refractivity contribution in [2.75, 3.05) is 30.8 Å². The van der Waals surface area contributed by atoms with E-state index in [-0.39, 0.29) is 31.0 Å². The molecule has 2 aliphatic rings. The van der Waals surface area contributed by atoms with E-state index in [0.29, 0.717) is 11.2 Å². The Kier molecular flexibility index (Phi) is 5.18. The van der Waals surface area contributed by atoms with Gasteiger partial charge in [0.25, 0.3) is 0 Å². The van der Waals surface area contributed by atoms with Crippen molar-refractivity contribution in [3.63, 3.8) is 0 Å². The lowest BCUT2D eigenvalue weighted by Gasteiger charge is -2.29. The van der Waals surface area contributed by atoms with Crippen LogP contribution in [0.3, 0.4) is 0 Å². The molecule has 3 atom stereocenters. The molecule has 4 rings (SSSR count). The van der Waals surface area contributed by atoms with Gasteiger partial charge in [-0.05, 0) is 30.7 Å². The van der Waals surface area contributed by atoms with Crippen LogP contribution in [0, 0.1) is 23.2 Å². The van der Waals surface area contributed by atoms with E-state index in [1.54, 1.807) is 6.20 Å². The molecule has 1 N–H and O–H groups in total. The Morgan fingerprint density at radius 1 is 1.33 bits per heavy atom. The second-order valence-corrected chi connectivity index (χ2v) is 10.2. The number of anilines is 1. The van der Waals surface area contributed by atoms with E-state index >= 15 is 0 Å². The fraction of sp³-hybridized carbons (Fsp3) is 0.579. The summed E-state index contributed by atoms with van der Waals surface area (Å²) in [6.07, 6.45) is -1.04. The number of aromatic amines is 1. The van der Waals surface area contributed by atoms with Crippen molar-refractivity contribution in [2.45, 2.75) is 31.5 Å². The average molecular weight is 441 g/mol. The minimum Gasteiger partial charge on any atom is -0.370 e. The Morgan fingerprint density at radius 2 is 2.00 bits per heavy atom. The third-order valence-corrected chi connectivity index (χ3v) is 8.11. The zero-order valence-corrected chi connectivity index (χ0v) is 17.2. The Bertz CT molecular complexity index is 1080. The first-order valence-corrected chi connectivity index (χ1v) is 11.3. The van der Waals surface area contributed by atoms with Crippen LogP contribution in [-0.4, -0.2) is 60.8 Å². The number of nitriles is 1. The smallest absolute Gasteiger partial charge is 0.370 e. The van der Waals surface area contributed by atoms with E-state index in [2.05, 4.69) is 20.9 Å². The summed E-state index contributed by atoms with van der Waals surface area (Å²) in [5, 5.41) is 10.4. The first kappa shape index (κ1) is 20.9. The Balaban J connectivity index is 1.46. The lowest BCUT2D eigenvalue weighted by Crippen LogP contribution is -2.36. The molecule has 0 amide bonds. The molecule has 0 radical (unpaired) electrons. The number of halogens is 3. The molecule has 7 nitrogen and oxygen atoms in total. The number of fused-ring (bicyclic) bond motifs is 2. The maximum atomic E-state index is 12.4. The van der Waals surface area contributed by atoms with Crippen LogP contribution in [0.15, 0.2) is 18.5 Å². The number of aromatic nitrogens is 2. The fourth-order valence-corrected chi connectivity index (χ4v) is 6.37. The largest absolute Gasteiger partial charge is 0.390 e. The second-order valence-electron chi connectivity index (χ2n) is 8.13. The first-order valence-electron chi connectivity index (χ1n) is 9.72. The van der Waals surface area contributed by atoms with Crippen LogP contribution in [0.1, 0.15) is 24.8 Å². The first-order chi connectivity index (χ1) is 14.1. The van der Waals surface area contributed by atoms with Crippen molar-refractivity contribution in [1.29, 1.82) is 5.26 Å². The maximum absolute atomic E-state index is 12.4. The van der Waals surface area contributed by atoms with Gasteiger partial charge in [0, 0.05) is 44.0 Å². The van der Waals surface area contributed by atoms with Crippen molar-refractivity contribution in [3.8, 4) is 6.07 Å². The molecule has 30 heavy (non-hydrogen) atoms.